The summed E-state index contributed by atoms with van der Waals surface area (Å²) in [5.41, 5.74) is 5.43. The Morgan fingerprint density at radius 1 is 0.848 bits per heavy atom. The molecule has 1 N–H and O–H groups in total. The van der Waals surface area contributed by atoms with Gasteiger partial charge >= 0.3 is 0 Å². The first kappa shape index (κ1) is 23.2. The molecule has 0 aliphatic rings. The maximum absolute atomic E-state index is 13.7. The molecule has 1 heterocycles. The summed E-state index contributed by atoms with van der Waals surface area (Å²) in [7, 11) is -3.79. The van der Waals surface area contributed by atoms with E-state index in [1.54, 1.807) is 11.3 Å². The topological polar surface area (TPSA) is 46.2 Å². The smallest absolute Gasteiger partial charge is 0.207 e. The molecule has 1 unspecified atom stereocenters. The standard InChI is InChI=1S/C28H27NO2S2/c1-20-17-21(2)28(22(3)18-20)33(30,31)29-27(26-15-10-16-32-26)25(24-13-8-5-9-14-24)19-23-11-6-4-7-12-23/h4-19,27,29H,1-3H3/b25-19+. The van der Waals surface area contributed by atoms with E-state index in [9.17, 15) is 8.42 Å². The summed E-state index contributed by atoms with van der Waals surface area (Å²) in [6.45, 7) is 5.69. The molecule has 0 amide bonds. The first-order valence-electron chi connectivity index (χ1n) is 10.8. The van der Waals surface area contributed by atoms with Crippen LogP contribution in [0.1, 0.15) is 38.7 Å². The second-order valence-corrected chi connectivity index (χ2v) is 10.8. The van der Waals surface area contributed by atoms with Crippen LogP contribution in [0.25, 0.3) is 11.6 Å². The molecule has 168 valence electrons. The van der Waals surface area contributed by atoms with Crippen LogP contribution in [0.3, 0.4) is 0 Å². The molecule has 0 aliphatic carbocycles. The highest BCUT2D eigenvalue weighted by Crippen LogP contribution is 2.36. The van der Waals surface area contributed by atoms with Crippen LogP contribution in [0.15, 0.2) is 95.2 Å². The van der Waals surface area contributed by atoms with E-state index in [2.05, 4.69) is 10.8 Å². The van der Waals surface area contributed by atoms with E-state index >= 15 is 0 Å². The molecule has 5 heteroatoms. The number of hydrogen-bond donors (Lipinski definition) is 1. The molecule has 0 spiro atoms. The third-order valence-corrected chi connectivity index (χ3v) is 8.18. The molecule has 3 nitrogen and oxygen atoms in total. The molecular formula is C28H27NO2S2. The van der Waals surface area contributed by atoms with E-state index in [0.717, 1.165) is 38.3 Å². The van der Waals surface area contributed by atoms with Crippen molar-refractivity contribution in [1.29, 1.82) is 0 Å². The van der Waals surface area contributed by atoms with Crippen molar-refractivity contribution < 1.29 is 8.42 Å². The van der Waals surface area contributed by atoms with Crippen LogP contribution in [0.5, 0.6) is 0 Å². The summed E-state index contributed by atoms with van der Waals surface area (Å²) in [4.78, 5) is 1.29. The van der Waals surface area contributed by atoms with Gasteiger partial charge in [0.05, 0.1) is 10.9 Å². The van der Waals surface area contributed by atoms with Crippen molar-refractivity contribution in [3.63, 3.8) is 0 Å². The largest absolute Gasteiger partial charge is 0.241 e. The van der Waals surface area contributed by atoms with Gasteiger partial charge in [0.1, 0.15) is 0 Å². The number of nitrogens with one attached hydrogen (secondary N) is 1. The van der Waals surface area contributed by atoms with Gasteiger partial charge in [-0.3, -0.25) is 0 Å². The van der Waals surface area contributed by atoms with Crippen molar-refractivity contribution >= 4 is 33.0 Å². The third-order valence-electron chi connectivity index (χ3n) is 5.51. The van der Waals surface area contributed by atoms with Gasteiger partial charge < -0.3 is 0 Å². The van der Waals surface area contributed by atoms with Crippen LogP contribution in [0, 0.1) is 20.8 Å². The molecular weight excluding hydrogens is 446 g/mol. The molecule has 4 rings (SSSR count). The van der Waals surface area contributed by atoms with Crippen LogP contribution in [0.4, 0.5) is 0 Å². The molecule has 3 aromatic carbocycles. The van der Waals surface area contributed by atoms with Crippen LogP contribution in [0.2, 0.25) is 0 Å². The van der Waals surface area contributed by atoms with Gasteiger partial charge in [-0.15, -0.1) is 11.3 Å². The van der Waals surface area contributed by atoms with Gasteiger partial charge in [0.25, 0.3) is 0 Å². The summed E-state index contributed by atoms with van der Waals surface area (Å²) in [5, 5.41) is 1.98. The maximum atomic E-state index is 13.7. The van der Waals surface area contributed by atoms with Crippen molar-refractivity contribution in [2.75, 3.05) is 0 Å². The zero-order chi connectivity index (χ0) is 23.4. The highest BCUT2D eigenvalue weighted by Gasteiger charge is 2.28. The number of rotatable bonds is 7. The quantitative estimate of drug-likeness (QED) is 0.296. The zero-order valence-electron chi connectivity index (χ0n) is 18.9. The minimum Gasteiger partial charge on any atom is -0.207 e. The fourth-order valence-electron chi connectivity index (χ4n) is 4.23. The fourth-order valence-corrected chi connectivity index (χ4v) is 6.74. The van der Waals surface area contributed by atoms with Crippen LogP contribution >= 0.6 is 11.3 Å². The van der Waals surface area contributed by atoms with Crippen molar-refractivity contribution in [3.8, 4) is 0 Å². The third kappa shape index (κ3) is 5.33. The Morgan fingerprint density at radius 3 is 2.03 bits per heavy atom. The zero-order valence-corrected chi connectivity index (χ0v) is 20.6. The molecule has 4 aromatic rings. The molecule has 0 fully saturated rings. The average Bonchev–Trinajstić information content (AvgIpc) is 3.31. The Morgan fingerprint density at radius 2 is 1.45 bits per heavy atom. The number of aryl methyl sites for hydroxylation is 3. The van der Waals surface area contributed by atoms with E-state index in [0.29, 0.717) is 4.90 Å². The Labute approximate surface area is 200 Å². The Hall–Kier alpha value is -2.99. The molecule has 1 atom stereocenters. The fraction of sp³-hybridized carbons (Fsp3) is 0.143. The molecule has 33 heavy (non-hydrogen) atoms. The first-order chi connectivity index (χ1) is 15.8. The summed E-state index contributed by atoms with van der Waals surface area (Å²) < 4.78 is 30.5. The minimum atomic E-state index is -3.79. The van der Waals surface area contributed by atoms with Gasteiger partial charge in [0.2, 0.25) is 10.0 Å². The predicted octanol–water partition coefficient (Wildman–Crippen LogP) is 6.93. The highest BCUT2D eigenvalue weighted by atomic mass is 32.2. The van der Waals surface area contributed by atoms with Gasteiger partial charge in [0.15, 0.2) is 0 Å². The highest BCUT2D eigenvalue weighted by molar-refractivity contribution is 7.89. The van der Waals surface area contributed by atoms with Gasteiger partial charge in [-0.2, -0.15) is 4.72 Å². The van der Waals surface area contributed by atoms with Gasteiger partial charge in [-0.25, -0.2) is 8.42 Å². The second kappa shape index (κ2) is 9.87. The second-order valence-electron chi connectivity index (χ2n) is 8.17. The van der Waals surface area contributed by atoms with E-state index in [-0.39, 0.29) is 0 Å². The molecule has 0 saturated carbocycles. The van der Waals surface area contributed by atoms with Crippen molar-refractivity contribution in [1.82, 2.24) is 4.72 Å². The molecule has 0 saturated heterocycles. The normalized spacial score (nSPS) is 13.1. The summed E-state index contributed by atoms with van der Waals surface area (Å²) >= 11 is 1.54. The summed E-state index contributed by atoms with van der Waals surface area (Å²) in [6, 6.07) is 27.2. The Balaban J connectivity index is 1.87. The lowest BCUT2D eigenvalue weighted by Gasteiger charge is -2.23. The van der Waals surface area contributed by atoms with E-state index in [1.165, 1.54) is 0 Å². The molecule has 1 aromatic heterocycles. The predicted molar refractivity (Wildman–Crippen MR) is 139 cm³/mol. The minimum absolute atomic E-state index is 0.349. The average molecular weight is 474 g/mol. The van der Waals surface area contributed by atoms with E-state index in [4.69, 9.17) is 0 Å². The van der Waals surface area contributed by atoms with E-state index in [1.807, 2.05) is 111 Å². The summed E-state index contributed by atoms with van der Waals surface area (Å²) in [5.74, 6) is 0. The Kier molecular flexibility index (Phi) is 6.94. The van der Waals surface area contributed by atoms with Crippen LogP contribution in [-0.4, -0.2) is 8.42 Å². The number of hydrogen-bond acceptors (Lipinski definition) is 3. The van der Waals surface area contributed by atoms with Gasteiger partial charge in [-0.1, -0.05) is 84.4 Å². The van der Waals surface area contributed by atoms with Crippen LogP contribution in [-0.2, 0) is 10.0 Å². The lowest BCUT2D eigenvalue weighted by Crippen LogP contribution is -2.30. The SMILES string of the molecule is Cc1cc(C)c(S(=O)(=O)NC(/C(=C/c2ccccc2)c2ccccc2)c2cccs2)c(C)c1. The Bertz CT molecular complexity index is 1340. The van der Waals surface area contributed by atoms with Gasteiger partial charge in [-0.05, 0) is 66.1 Å². The van der Waals surface area contributed by atoms with Crippen LogP contribution < -0.4 is 4.72 Å². The molecule has 0 radical (unpaired) electrons. The number of sulfonamides is 1. The lowest BCUT2D eigenvalue weighted by molar-refractivity contribution is 0.575. The summed E-state index contributed by atoms with van der Waals surface area (Å²) in [6.07, 6.45) is 2.07. The maximum Gasteiger partial charge on any atom is 0.241 e. The monoisotopic (exact) mass is 473 g/mol. The lowest BCUT2D eigenvalue weighted by atomic mass is 9.95. The first-order valence-corrected chi connectivity index (χ1v) is 13.2. The van der Waals surface area contributed by atoms with Crippen molar-refractivity contribution in [2.45, 2.75) is 31.7 Å². The number of benzene rings is 3. The molecule has 0 aliphatic heterocycles. The van der Waals surface area contributed by atoms with Gasteiger partial charge in [0, 0.05) is 4.88 Å². The van der Waals surface area contributed by atoms with E-state index < -0.39 is 16.1 Å². The van der Waals surface area contributed by atoms with Crippen molar-refractivity contribution in [2.24, 2.45) is 0 Å². The number of thiophene rings is 1. The van der Waals surface area contributed by atoms with Crippen molar-refractivity contribution in [3.05, 3.63) is 123 Å². The molecule has 0 bridgehead atoms.